The topological polar surface area (TPSA) is 20.2 Å². The third-order valence-electron chi connectivity index (χ3n) is 3.95. The van der Waals surface area contributed by atoms with Crippen LogP contribution in [0.3, 0.4) is 0 Å². The fourth-order valence-corrected chi connectivity index (χ4v) is 2.66. The molecule has 1 nitrogen and oxygen atoms in total. The number of phenols is 1. The number of aryl methyl sites for hydroxylation is 1. The Kier molecular flexibility index (Phi) is 3.42. The van der Waals surface area contributed by atoms with E-state index in [2.05, 4.69) is 45.0 Å². The first-order chi connectivity index (χ1) is 8.59. The van der Waals surface area contributed by atoms with Crippen LogP contribution in [-0.4, -0.2) is 5.11 Å². The normalized spacial score (nSPS) is 14.2. The summed E-state index contributed by atoms with van der Waals surface area (Å²) in [6.07, 6.45) is 0.954. The van der Waals surface area contributed by atoms with Crippen molar-refractivity contribution in [2.45, 2.75) is 32.6 Å². The van der Waals surface area contributed by atoms with E-state index in [4.69, 9.17) is 0 Å². The van der Waals surface area contributed by atoms with Gasteiger partial charge in [0.1, 0.15) is 5.75 Å². The van der Waals surface area contributed by atoms with Crippen molar-refractivity contribution in [2.75, 3.05) is 0 Å². The van der Waals surface area contributed by atoms with E-state index in [1.807, 2.05) is 18.2 Å². The Balaban J connectivity index is 2.63. The average molecular weight is 240 g/mol. The molecular formula is C17H20O. The minimum absolute atomic E-state index is 0.142. The summed E-state index contributed by atoms with van der Waals surface area (Å²) in [4.78, 5) is 0. The number of hydrogen-bond acceptors (Lipinski definition) is 1. The highest BCUT2D eigenvalue weighted by Crippen LogP contribution is 2.40. The summed E-state index contributed by atoms with van der Waals surface area (Å²) in [5.74, 6) is 0.380. The Morgan fingerprint density at radius 2 is 1.50 bits per heavy atom. The van der Waals surface area contributed by atoms with Gasteiger partial charge in [0.05, 0.1) is 0 Å². The average Bonchev–Trinajstić information content (AvgIpc) is 2.39. The van der Waals surface area contributed by atoms with Crippen LogP contribution in [0.5, 0.6) is 5.75 Å². The van der Waals surface area contributed by atoms with Crippen molar-refractivity contribution in [3.8, 4) is 5.75 Å². The van der Waals surface area contributed by atoms with Crippen LogP contribution in [0, 0.1) is 6.92 Å². The fraction of sp³-hybridized carbons (Fsp3) is 0.294. The lowest BCUT2D eigenvalue weighted by atomic mass is 9.72. The van der Waals surface area contributed by atoms with E-state index in [0.717, 1.165) is 12.0 Å². The molecule has 0 aromatic heterocycles. The first-order valence-electron chi connectivity index (χ1n) is 6.44. The summed E-state index contributed by atoms with van der Waals surface area (Å²) in [5, 5.41) is 10.1. The quantitative estimate of drug-likeness (QED) is 0.842. The first kappa shape index (κ1) is 12.7. The van der Waals surface area contributed by atoms with Gasteiger partial charge in [-0.1, -0.05) is 56.3 Å². The van der Waals surface area contributed by atoms with Crippen LogP contribution in [0.1, 0.15) is 37.0 Å². The number of aromatic hydroxyl groups is 1. The SMILES string of the molecule is CCC(C)(c1ccccc1C)c1ccccc1O. The van der Waals surface area contributed by atoms with Gasteiger partial charge in [0.2, 0.25) is 0 Å². The monoisotopic (exact) mass is 240 g/mol. The van der Waals surface area contributed by atoms with Gasteiger partial charge in [0, 0.05) is 11.0 Å². The summed E-state index contributed by atoms with van der Waals surface area (Å²) in [6.45, 7) is 6.49. The highest BCUT2D eigenvalue weighted by Gasteiger charge is 2.30. The van der Waals surface area contributed by atoms with E-state index in [0.29, 0.717) is 5.75 Å². The standard InChI is InChI=1S/C17H20O/c1-4-17(3,14-10-6-5-9-13(14)2)15-11-7-8-12-16(15)18/h5-12,18H,4H2,1-3H3. The van der Waals surface area contributed by atoms with Crippen LogP contribution >= 0.6 is 0 Å². The predicted molar refractivity (Wildman–Crippen MR) is 76.0 cm³/mol. The van der Waals surface area contributed by atoms with Gasteiger partial charge in [0.25, 0.3) is 0 Å². The lowest BCUT2D eigenvalue weighted by molar-refractivity contribution is 0.441. The highest BCUT2D eigenvalue weighted by atomic mass is 16.3. The zero-order valence-electron chi connectivity index (χ0n) is 11.3. The van der Waals surface area contributed by atoms with Crippen molar-refractivity contribution >= 4 is 0 Å². The molecule has 0 fully saturated rings. The molecule has 2 rings (SSSR count). The van der Waals surface area contributed by atoms with Crippen LogP contribution in [-0.2, 0) is 5.41 Å². The number of hydrogen-bond donors (Lipinski definition) is 1. The Hall–Kier alpha value is -1.76. The van der Waals surface area contributed by atoms with Crippen molar-refractivity contribution < 1.29 is 5.11 Å². The van der Waals surface area contributed by atoms with Crippen molar-refractivity contribution in [3.05, 3.63) is 65.2 Å². The van der Waals surface area contributed by atoms with Crippen molar-refractivity contribution in [3.63, 3.8) is 0 Å². The Morgan fingerprint density at radius 3 is 2.06 bits per heavy atom. The second-order valence-electron chi connectivity index (χ2n) is 5.02. The summed E-state index contributed by atoms with van der Waals surface area (Å²) < 4.78 is 0. The molecule has 0 saturated carbocycles. The molecule has 18 heavy (non-hydrogen) atoms. The van der Waals surface area contributed by atoms with E-state index in [1.165, 1.54) is 11.1 Å². The molecule has 1 N–H and O–H groups in total. The van der Waals surface area contributed by atoms with Gasteiger partial charge in [-0.3, -0.25) is 0 Å². The highest BCUT2D eigenvalue weighted by molar-refractivity contribution is 5.48. The molecule has 1 atom stereocenters. The number of para-hydroxylation sites is 1. The fourth-order valence-electron chi connectivity index (χ4n) is 2.66. The molecule has 0 spiro atoms. The predicted octanol–water partition coefficient (Wildman–Crippen LogP) is 4.42. The van der Waals surface area contributed by atoms with Gasteiger partial charge in [-0.25, -0.2) is 0 Å². The molecule has 0 aliphatic carbocycles. The lowest BCUT2D eigenvalue weighted by Gasteiger charge is -2.31. The van der Waals surface area contributed by atoms with Gasteiger partial charge in [0.15, 0.2) is 0 Å². The van der Waals surface area contributed by atoms with Crippen LogP contribution in [0.25, 0.3) is 0 Å². The van der Waals surface area contributed by atoms with Crippen LogP contribution in [0.4, 0.5) is 0 Å². The van der Waals surface area contributed by atoms with Crippen LogP contribution in [0.15, 0.2) is 48.5 Å². The molecule has 0 bridgehead atoms. The molecule has 1 heteroatoms. The van der Waals surface area contributed by atoms with E-state index >= 15 is 0 Å². The molecule has 2 aromatic carbocycles. The molecule has 0 aliphatic rings. The third kappa shape index (κ3) is 2.01. The summed E-state index contributed by atoms with van der Waals surface area (Å²) in [6, 6.07) is 16.0. The van der Waals surface area contributed by atoms with E-state index in [-0.39, 0.29) is 5.41 Å². The largest absolute Gasteiger partial charge is 0.508 e. The number of phenolic OH excluding ortho intramolecular Hbond substituents is 1. The van der Waals surface area contributed by atoms with E-state index < -0.39 is 0 Å². The first-order valence-corrected chi connectivity index (χ1v) is 6.44. The minimum Gasteiger partial charge on any atom is -0.508 e. The van der Waals surface area contributed by atoms with Gasteiger partial charge in [-0.15, -0.1) is 0 Å². The summed E-state index contributed by atoms with van der Waals surface area (Å²) in [5.41, 5.74) is 3.41. The number of rotatable bonds is 3. The zero-order chi connectivity index (χ0) is 13.2. The molecule has 0 amide bonds. The smallest absolute Gasteiger partial charge is 0.119 e. The second-order valence-corrected chi connectivity index (χ2v) is 5.02. The van der Waals surface area contributed by atoms with Crippen molar-refractivity contribution in [1.29, 1.82) is 0 Å². The molecule has 0 heterocycles. The van der Waals surface area contributed by atoms with E-state index in [9.17, 15) is 5.11 Å². The Bertz CT molecular complexity index is 497. The van der Waals surface area contributed by atoms with Crippen molar-refractivity contribution in [2.24, 2.45) is 0 Å². The molecule has 0 aliphatic heterocycles. The van der Waals surface area contributed by atoms with Crippen molar-refractivity contribution in [1.82, 2.24) is 0 Å². The maximum Gasteiger partial charge on any atom is 0.119 e. The maximum atomic E-state index is 10.1. The molecule has 0 saturated heterocycles. The minimum atomic E-state index is -0.142. The molecule has 2 aromatic rings. The third-order valence-corrected chi connectivity index (χ3v) is 3.95. The van der Waals surface area contributed by atoms with E-state index in [1.54, 1.807) is 6.07 Å². The van der Waals surface area contributed by atoms with Gasteiger partial charge >= 0.3 is 0 Å². The van der Waals surface area contributed by atoms with Gasteiger partial charge in [-0.2, -0.15) is 0 Å². The van der Waals surface area contributed by atoms with Gasteiger partial charge < -0.3 is 5.11 Å². The lowest BCUT2D eigenvalue weighted by Crippen LogP contribution is -2.23. The van der Waals surface area contributed by atoms with Crippen LogP contribution in [0.2, 0.25) is 0 Å². The van der Waals surface area contributed by atoms with Gasteiger partial charge in [-0.05, 0) is 30.5 Å². The second kappa shape index (κ2) is 4.85. The van der Waals surface area contributed by atoms with Crippen LogP contribution < -0.4 is 0 Å². The summed E-state index contributed by atoms with van der Waals surface area (Å²) >= 11 is 0. The molecule has 1 unspecified atom stereocenters. The number of benzene rings is 2. The molecule has 94 valence electrons. The Labute approximate surface area is 109 Å². The maximum absolute atomic E-state index is 10.1. The Morgan fingerprint density at radius 1 is 0.944 bits per heavy atom. The molecular weight excluding hydrogens is 220 g/mol. The summed E-state index contributed by atoms with van der Waals surface area (Å²) in [7, 11) is 0. The zero-order valence-corrected chi connectivity index (χ0v) is 11.3. The molecule has 0 radical (unpaired) electrons.